The summed E-state index contributed by atoms with van der Waals surface area (Å²) in [5, 5.41) is 9.36. The topological polar surface area (TPSA) is 99.8 Å². The van der Waals surface area contributed by atoms with Gasteiger partial charge in [-0.15, -0.1) is 0 Å². The van der Waals surface area contributed by atoms with E-state index in [-0.39, 0.29) is 35.8 Å². The number of ether oxygens (including phenoxy) is 1. The fourth-order valence-electron chi connectivity index (χ4n) is 4.92. The number of aryl methyl sites for hydroxylation is 2. The van der Waals surface area contributed by atoms with Crippen molar-refractivity contribution in [1.82, 2.24) is 20.9 Å². The Hall–Kier alpha value is -3.39. The van der Waals surface area contributed by atoms with E-state index in [1.807, 2.05) is 62.4 Å². The lowest BCUT2D eigenvalue weighted by Gasteiger charge is -2.31. The van der Waals surface area contributed by atoms with Crippen LogP contribution in [0.15, 0.2) is 48.5 Å². The molecule has 1 heterocycles. The number of carbonyl (C=O) groups excluding carboxylic acids is 3. The van der Waals surface area contributed by atoms with Crippen LogP contribution >= 0.6 is 0 Å². The number of fused-ring (bicyclic) bond motifs is 1. The van der Waals surface area contributed by atoms with Gasteiger partial charge in [-0.05, 0) is 69.6 Å². The smallest absolute Gasteiger partial charge is 0.243 e. The highest BCUT2D eigenvalue weighted by Gasteiger charge is 2.39. The molecule has 0 saturated heterocycles. The van der Waals surface area contributed by atoms with Gasteiger partial charge in [-0.1, -0.05) is 48.0 Å². The van der Waals surface area contributed by atoms with Crippen LogP contribution in [0.25, 0.3) is 0 Å². The van der Waals surface area contributed by atoms with Gasteiger partial charge in [-0.2, -0.15) is 0 Å². The van der Waals surface area contributed by atoms with Crippen LogP contribution in [0.4, 0.5) is 0 Å². The second-order valence-corrected chi connectivity index (χ2v) is 11.0. The zero-order chi connectivity index (χ0) is 27.9. The number of amides is 3. The normalized spacial score (nSPS) is 25.9. The third kappa shape index (κ3) is 7.82. The molecule has 0 radical (unpaired) electrons. The van der Waals surface area contributed by atoms with Crippen molar-refractivity contribution in [2.24, 2.45) is 5.92 Å². The van der Waals surface area contributed by atoms with E-state index in [1.165, 1.54) is 4.90 Å². The molecule has 4 rings (SSSR count). The number of rotatable bonds is 3. The molecule has 2 aromatic carbocycles. The molecule has 1 aliphatic carbocycles. The largest absolute Gasteiger partial charge is 0.489 e. The van der Waals surface area contributed by atoms with Crippen LogP contribution in [0.5, 0.6) is 5.75 Å². The molecule has 8 heteroatoms. The van der Waals surface area contributed by atoms with Gasteiger partial charge >= 0.3 is 0 Å². The number of hydrogen-bond donors (Lipinski definition) is 3. The fraction of sp³-hybridized carbons (Fsp3) is 0.516. The van der Waals surface area contributed by atoms with E-state index in [1.54, 1.807) is 14.0 Å². The Kier molecular flexibility index (Phi) is 9.62. The van der Waals surface area contributed by atoms with Crippen molar-refractivity contribution in [2.75, 3.05) is 20.1 Å². The first-order valence-corrected chi connectivity index (χ1v) is 14.1. The Bertz CT molecular complexity index is 1150. The van der Waals surface area contributed by atoms with Crippen LogP contribution in [0.2, 0.25) is 0 Å². The Balaban J connectivity index is 1.56. The van der Waals surface area contributed by atoms with E-state index in [9.17, 15) is 14.4 Å². The molecule has 4 atom stereocenters. The van der Waals surface area contributed by atoms with Crippen molar-refractivity contribution in [3.8, 4) is 5.75 Å². The van der Waals surface area contributed by atoms with E-state index in [0.717, 1.165) is 48.1 Å². The van der Waals surface area contributed by atoms with Crippen LogP contribution in [0, 0.1) is 12.8 Å². The van der Waals surface area contributed by atoms with Crippen LogP contribution in [-0.4, -0.2) is 67.0 Å². The third-order valence-electron chi connectivity index (χ3n) is 7.71. The number of likely N-dealkylation sites (N-methyl/N-ethyl adjacent to an activating group) is 1. The molecule has 0 bridgehead atoms. The van der Waals surface area contributed by atoms with Gasteiger partial charge in [-0.25, -0.2) is 0 Å². The summed E-state index contributed by atoms with van der Waals surface area (Å²) < 4.78 is 6.26. The first-order chi connectivity index (χ1) is 18.7. The number of hydrogen-bond acceptors (Lipinski definition) is 5. The van der Waals surface area contributed by atoms with Crippen molar-refractivity contribution in [1.29, 1.82) is 0 Å². The molecule has 2 aromatic rings. The average molecular weight is 535 g/mol. The predicted molar refractivity (Wildman–Crippen MR) is 151 cm³/mol. The number of para-hydroxylation sites is 1. The van der Waals surface area contributed by atoms with Crippen molar-refractivity contribution < 1.29 is 19.1 Å². The summed E-state index contributed by atoms with van der Waals surface area (Å²) in [5.74, 6) is 0.374. The predicted octanol–water partition coefficient (Wildman–Crippen LogP) is 2.77. The Morgan fingerprint density at radius 1 is 0.974 bits per heavy atom. The summed E-state index contributed by atoms with van der Waals surface area (Å²) >= 11 is 0. The van der Waals surface area contributed by atoms with E-state index in [4.69, 9.17) is 4.74 Å². The van der Waals surface area contributed by atoms with E-state index < -0.39 is 12.1 Å². The van der Waals surface area contributed by atoms with Gasteiger partial charge in [0.2, 0.25) is 17.7 Å². The maximum absolute atomic E-state index is 13.5. The first kappa shape index (κ1) is 28.6. The minimum atomic E-state index is -0.751. The van der Waals surface area contributed by atoms with Crippen LogP contribution in [-0.2, 0) is 27.2 Å². The molecular formula is C31H42N4O4. The monoisotopic (exact) mass is 534 g/mol. The molecule has 3 amide bonds. The van der Waals surface area contributed by atoms with Gasteiger partial charge < -0.3 is 25.6 Å². The van der Waals surface area contributed by atoms with Gasteiger partial charge in [-0.3, -0.25) is 14.4 Å². The SMILES string of the molecule is Cc1ccc(C[C@H]2NC(=O)[C@@H](C)N(C)C(=O)[C@@H](C3CC3)NC[C@H](C)Oc3ccccc3CCCNC2=O)cc1. The van der Waals surface area contributed by atoms with Gasteiger partial charge in [0.15, 0.2) is 0 Å². The maximum Gasteiger partial charge on any atom is 0.243 e. The molecular weight excluding hydrogens is 492 g/mol. The summed E-state index contributed by atoms with van der Waals surface area (Å²) in [4.78, 5) is 41.6. The van der Waals surface area contributed by atoms with Crippen LogP contribution < -0.4 is 20.7 Å². The zero-order valence-electron chi connectivity index (χ0n) is 23.5. The minimum absolute atomic E-state index is 0.117. The molecule has 210 valence electrons. The standard InChI is InChI=1S/C31H42N4O4/c1-20-11-13-23(14-12-20)18-26-30(37)32-17-7-9-24-8-5-6-10-27(24)39-21(2)19-33-28(25-15-16-25)31(38)35(4)22(3)29(36)34-26/h5-6,8,10-14,21-22,25-26,28,33H,7,9,15-19H2,1-4H3,(H,32,37)(H,34,36)/t21-,22+,26+,28+/m0/s1. The van der Waals surface area contributed by atoms with Gasteiger partial charge in [0.25, 0.3) is 0 Å². The second-order valence-electron chi connectivity index (χ2n) is 11.0. The molecule has 39 heavy (non-hydrogen) atoms. The molecule has 3 N–H and O–H groups in total. The second kappa shape index (κ2) is 13.1. The van der Waals surface area contributed by atoms with Crippen molar-refractivity contribution in [2.45, 2.75) is 77.1 Å². The van der Waals surface area contributed by atoms with Gasteiger partial charge in [0, 0.05) is 26.6 Å². The number of carbonyl (C=O) groups is 3. The average Bonchev–Trinajstić information content (AvgIpc) is 3.76. The molecule has 1 fully saturated rings. The quantitative estimate of drug-likeness (QED) is 0.563. The van der Waals surface area contributed by atoms with E-state index in [0.29, 0.717) is 19.5 Å². The van der Waals surface area contributed by atoms with Crippen molar-refractivity contribution in [3.63, 3.8) is 0 Å². The fourth-order valence-corrected chi connectivity index (χ4v) is 4.92. The van der Waals surface area contributed by atoms with Gasteiger partial charge in [0.1, 0.15) is 23.9 Å². The summed E-state index contributed by atoms with van der Waals surface area (Å²) in [6, 6.07) is 14.0. The Morgan fingerprint density at radius 3 is 2.41 bits per heavy atom. The van der Waals surface area contributed by atoms with Crippen molar-refractivity contribution in [3.05, 3.63) is 65.2 Å². The lowest BCUT2D eigenvalue weighted by atomic mass is 10.0. The van der Waals surface area contributed by atoms with E-state index in [2.05, 4.69) is 16.0 Å². The number of nitrogens with zero attached hydrogens (tertiary/aromatic N) is 1. The summed E-state index contributed by atoms with van der Waals surface area (Å²) in [5.41, 5.74) is 3.16. The highest BCUT2D eigenvalue weighted by Crippen LogP contribution is 2.33. The third-order valence-corrected chi connectivity index (χ3v) is 7.71. The molecule has 8 nitrogen and oxygen atoms in total. The van der Waals surface area contributed by atoms with Crippen molar-refractivity contribution >= 4 is 17.7 Å². The molecule has 1 aliphatic heterocycles. The summed E-state index contributed by atoms with van der Waals surface area (Å²) in [7, 11) is 1.66. The van der Waals surface area contributed by atoms with E-state index >= 15 is 0 Å². The van der Waals surface area contributed by atoms with Crippen LogP contribution in [0.3, 0.4) is 0 Å². The molecule has 2 aliphatic rings. The van der Waals surface area contributed by atoms with Crippen LogP contribution in [0.1, 0.15) is 49.8 Å². The lowest BCUT2D eigenvalue weighted by molar-refractivity contribution is -0.141. The maximum atomic E-state index is 13.5. The molecule has 0 spiro atoms. The first-order valence-electron chi connectivity index (χ1n) is 14.1. The Morgan fingerprint density at radius 2 is 1.69 bits per heavy atom. The Labute approximate surface area is 231 Å². The lowest BCUT2D eigenvalue weighted by Crippen LogP contribution is -2.57. The van der Waals surface area contributed by atoms with Gasteiger partial charge in [0.05, 0.1) is 6.04 Å². The number of benzene rings is 2. The minimum Gasteiger partial charge on any atom is -0.489 e. The molecule has 0 aromatic heterocycles. The highest BCUT2D eigenvalue weighted by atomic mass is 16.5. The molecule has 1 saturated carbocycles. The zero-order valence-corrected chi connectivity index (χ0v) is 23.5. The molecule has 0 unspecified atom stereocenters. The highest BCUT2D eigenvalue weighted by molar-refractivity contribution is 5.93. The summed E-state index contributed by atoms with van der Waals surface area (Å²) in [6.45, 7) is 6.70. The number of nitrogens with one attached hydrogen (secondary N) is 3. The summed E-state index contributed by atoms with van der Waals surface area (Å²) in [6.07, 6.45) is 3.66.